The number of amides is 1. The zero-order chi connectivity index (χ0) is 18.1. The van der Waals surface area contributed by atoms with Crippen molar-refractivity contribution in [1.29, 1.82) is 0 Å². The topological polar surface area (TPSA) is 75.3 Å². The first-order valence-corrected chi connectivity index (χ1v) is 8.93. The van der Waals surface area contributed by atoms with Crippen LogP contribution in [0.3, 0.4) is 0 Å². The van der Waals surface area contributed by atoms with E-state index in [0.717, 1.165) is 29.9 Å². The highest BCUT2D eigenvalue weighted by molar-refractivity contribution is 5.82. The molecule has 1 saturated heterocycles. The lowest BCUT2D eigenvalue weighted by atomic mass is 9.78. The molecule has 0 radical (unpaired) electrons. The Bertz CT molecular complexity index is 791. The summed E-state index contributed by atoms with van der Waals surface area (Å²) in [4.78, 5) is 25.0. The van der Waals surface area contributed by atoms with Crippen molar-refractivity contribution in [3.05, 3.63) is 53.7 Å². The van der Waals surface area contributed by atoms with Crippen molar-refractivity contribution in [2.75, 3.05) is 24.5 Å². The smallest absolute Gasteiger partial charge is 0.242 e. The number of anilines is 1. The van der Waals surface area contributed by atoms with Crippen LogP contribution in [0.5, 0.6) is 0 Å². The Labute approximate surface area is 151 Å². The number of benzene rings is 1. The van der Waals surface area contributed by atoms with Gasteiger partial charge in [0, 0.05) is 43.4 Å². The summed E-state index contributed by atoms with van der Waals surface area (Å²) in [6.45, 7) is 2.13. The number of hydrogen-bond acceptors (Lipinski definition) is 5. The van der Waals surface area contributed by atoms with Gasteiger partial charge >= 0.3 is 0 Å². The summed E-state index contributed by atoms with van der Waals surface area (Å²) in [5.74, 6) is 0.982. The molecule has 0 atom stereocenters. The third-order valence-electron chi connectivity index (χ3n) is 5.20. The Morgan fingerprint density at radius 3 is 2.62 bits per heavy atom. The van der Waals surface area contributed by atoms with Gasteiger partial charge in [-0.1, -0.05) is 12.1 Å². The molecule has 1 aromatic heterocycles. The van der Waals surface area contributed by atoms with Gasteiger partial charge in [0.2, 0.25) is 5.91 Å². The molecule has 2 aromatic rings. The largest absolute Gasteiger partial charge is 0.345 e. The summed E-state index contributed by atoms with van der Waals surface area (Å²) in [5, 5.41) is 0. The number of rotatable bonds is 4. The van der Waals surface area contributed by atoms with Crippen LogP contribution in [0.2, 0.25) is 0 Å². The Hall–Kier alpha value is -2.54. The minimum absolute atomic E-state index is 0.0476. The molecule has 2 heterocycles. The lowest BCUT2D eigenvalue weighted by molar-refractivity contribution is -0.131. The summed E-state index contributed by atoms with van der Waals surface area (Å²) in [6, 6.07) is 8.54. The maximum atomic E-state index is 13.0. The summed E-state index contributed by atoms with van der Waals surface area (Å²) >= 11 is 0. The normalized spacial score (nSPS) is 23.1. The van der Waals surface area contributed by atoms with E-state index in [1.165, 1.54) is 12.1 Å². The highest BCUT2D eigenvalue weighted by Gasteiger charge is 2.30. The first kappa shape index (κ1) is 16.9. The van der Waals surface area contributed by atoms with Crippen LogP contribution < -0.4 is 10.6 Å². The minimum atomic E-state index is -0.267. The third kappa shape index (κ3) is 3.53. The Balaban J connectivity index is 1.40. The van der Waals surface area contributed by atoms with E-state index in [0.29, 0.717) is 32.1 Å². The monoisotopic (exact) mass is 355 g/mol. The predicted molar refractivity (Wildman–Crippen MR) is 96.0 cm³/mol. The van der Waals surface area contributed by atoms with E-state index in [2.05, 4.69) is 9.97 Å². The van der Waals surface area contributed by atoms with Gasteiger partial charge in [0.1, 0.15) is 18.0 Å². The van der Waals surface area contributed by atoms with Gasteiger partial charge in [0.25, 0.3) is 0 Å². The van der Waals surface area contributed by atoms with Gasteiger partial charge in [0.05, 0.1) is 6.54 Å². The number of hydrogen-bond donors (Lipinski definition) is 1. The molecule has 1 saturated carbocycles. The summed E-state index contributed by atoms with van der Waals surface area (Å²) in [6.07, 6.45) is 3.49. The van der Waals surface area contributed by atoms with Gasteiger partial charge in [-0.05, 0) is 30.5 Å². The van der Waals surface area contributed by atoms with Crippen molar-refractivity contribution in [2.45, 2.75) is 31.3 Å². The van der Waals surface area contributed by atoms with Crippen LogP contribution in [-0.4, -0.2) is 46.5 Å². The molecule has 26 heavy (non-hydrogen) atoms. The second-order valence-corrected chi connectivity index (χ2v) is 7.09. The van der Waals surface area contributed by atoms with E-state index in [1.807, 2.05) is 11.0 Å². The average Bonchev–Trinajstić information content (AvgIpc) is 2.62. The fraction of sp³-hybridized carbons (Fsp3) is 0.421. The number of halogens is 1. The zero-order valence-corrected chi connectivity index (χ0v) is 14.5. The van der Waals surface area contributed by atoms with Gasteiger partial charge in [-0.3, -0.25) is 4.79 Å². The van der Waals surface area contributed by atoms with Gasteiger partial charge in [-0.25, -0.2) is 14.4 Å². The number of carbonyl (C=O) groups is 1. The molecular formula is C19H22FN5O. The van der Waals surface area contributed by atoms with Crippen molar-refractivity contribution in [2.24, 2.45) is 5.73 Å². The van der Waals surface area contributed by atoms with Crippen molar-refractivity contribution in [3.63, 3.8) is 0 Å². The molecule has 1 aliphatic heterocycles. The first-order valence-electron chi connectivity index (χ1n) is 8.93. The number of aromatic nitrogens is 2. The van der Waals surface area contributed by atoms with Gasteiger partial charge in [-0.15, -0.1) is 0 Å². The van der Waals surface area contributed by atoms with E-state index in [-0.39, 0.29) is 17.8 Å². The molecule has 0 spiro atoms. The summed E-state index contributed by atoms with van der Waals surface area (Å²) in [7, 11) is 0. The van der Waals surface area contributed by atoms with E-state index in [1.54, 1.807) is 23.4 Å². The van der Waals surface area contributed by atoms with E-state index in [4.69, 9.17) is 5.73 Å². The lowest BCUT2D eigenvalue weighted by Crippen LogP contribution is -2.50. The molecule has 1 amide bonds. The SMILES string of the molecule is NC1CC(c2cc(N3CCN(Cc4ccc(F)cc4)C(=O)C3)ncn2)C1. The van der Waals surface area contributed by atoms with Crippen LogP contribution in [0.25, 0.3) is 0 Å². The maximum Gasteiger partial charge on any atom is 0.242 e. The van der Waals surface area contributed by atoms with Crippen LogP contribution in [0.1, 0.15) is 30.0 Å². The number of piperazine rings is 1. The second kappa shape index (κ2) is 6.99. The van der Waals surface area contributed by atoms with Crippen LogP contribution in [-0.2, 0) is 11.3 Å². The molecular weight excluding hydrogens is 333 g/mol. The zero-order valence-electron chi connectivity index (χ0n) is 14.5. The first-order chi connectivity index (χ1) is 12.6. The Morgan fingerprint density at radius 2 is 1.92 bits per heavy atom. The highest BCUT2D eigenvalue weighted by Crippen LogP contribution is 2.35. The van der Waals surface area contributed by atoms with Crippen LogP contribution >= 0.6 is 0 Å². The molecule has 0 unspecified atom stereocenters. The molecule has 1 aromatic carbocycles. The predicted octanol–water partition coefficient (Wildman–Crippen LogP) is 1.67. The lowest BCUT2D eigenvalue weighted by Gasteiger charge is -2.36. The third-order valence-corrected chi connectivity index (χ3v) is 5.20. The van der Waals surface area contributed by atoms with Crippen LogP contribution in [0, 0.1) is 5.82 Å². The molecule has 136 valence electrons. The fourth-order valence-corrected chi connectivity index (χ4v) is 3.54. The molecule has 6 nitrogen and oxygen atoms in total. The van der Waals surface area contributed by atoms with Gasteiger partial charge in [-0.2, -0.15) is 0 Å². The minimum Gasteiger partial charge on any atom is -0.345 e. The van der Waals surface area contributed by atoms with Crippen LogP contribution in [0.15, 0.2) is 36.7 Å². The number of nitrogens with zero attached hydrogens (tertiary/aromatic N) is 4. The summed E-state index contributed by atoms with van der Waals surface area (Å²) < 4.78 is 13.0. The van der Waals surface area contributed by atoms with Crippen LogP contribution in [0.4, 0.5) is 10.2 Å². The number of nitrogens with two attached hydrogens (primary N) is 1. The quantitative estimate of drug-likeness (QED) is 0.903. The Kier molecular flexibility index (Phi) is 4.55. The van der Waals surface area contributed by atoms with E-state index in [9.17, 15) is 9.18 Å². The van der Waals surface area contributed by atoms with Gasteiger partial charge in [0.15, 0.2) is 0 Å². The molecule has 2 aliphatic rings. The molecule has 0 bridgehead atoms. The van der Waals surface area contributed by atoms with Gasteiger partial charge < -0.3 is 15.5 Å². The summed E-state index contributed by atoms with van der Waals surface area (Å²) in [5.41, 5.74) is 7.81. The fourth-order valence-electron chi connectivity index (χ4n) is 3.54. The maximum absolute atomic E-state index is 13.0. The Morgan fingerprint density at radius 1 is 1.15 bits per heavy atom. The van der Waals surface area contributed by atoms with Crippen molar-refractivity contribution in [1.82, 2.24) is 14.9 Å². The highest BCUT2D eigenvalue weighted by atomic mass is 19.1. The van der Waals surface area contributed by atoms with Crippen molar-refractivity contribution < 1.29 is 9.18 Å². The molecule has 4 rings (SSSR count). The second-order valence-electron chi connectivity index (χ2n) is 7.09. The average molecular weight is 355 g/mol. The molecule has 1 aliphatic carbocycles. The van der Waals surface area contributed by atoms with E-state index >= 15 is 0 Å². The molecule has 7 heteroatoms. The number of carbonyl (C=O) groups excluding carboxylic acids is 1. The van der Waals surface area contributed by atoms with Crippen molar-refractivity contribution in [3.8, 4) is 0 Å². The molecule has 2 N–H and O–H groups in total. The van der Waals surface area contributed by atoms with E-state index < -0.39 is 0 Å². The standard InChI is InChI=1S/C19H22FN5O/c20-15-3-1-13(2-4-15)10-25-6-5-24(11-19(25)26)18-9-17(22-12-23-18)14-7-16(21)8-14/h1-4,9,12,14,16H,5-8,10-11,21H2. The van der Waals surface area contributed by atoms with Crippen molar-refractivity contribution >= 4 is 11.7 Å². The molecule has 2 fully saturated rings.